The van der Waals surface area contributed by atoms with Gasteiger partial charge in [-0.25, -0.2) is 0 Å². The Labute approximate surface area is 68.5 Å². The Morgan fingerprint density at radius 2 is 1.82 bits per heavy atom. The van der Waals surface area contributed by atoms with E-state index in [4.69, 9.17) is 0 Å². The van der Waals surface area contributed by atoms with Crippen LogP contribution in [-0.4, -0.2) is 21.3 Å². The largest absolute Gasteiger partial charge is 0.313 e. The number of rotatable bonds is 0. The van der Waals surface area contributed by atoms with Crippen LogP contribution in [0.15, 0.2) is 12.2 Å². The number of hydroxylamine groups is 2. The Balaban J connectivity index is 2.91. The van der Waals surface area contributed by atoms with Gasteiger partial charge in [0.2, 0.25) is 0 Å². The van der Waals surface area contributed by atoms with Crippen LogP contribution in [0, 0.1) is 0 Å². The topological polar surface area (TPSA) is 23.5 Å². The molecule has 0 fully saturated rings. The summed E-state index contributed by atoms with van der Waals surface area (Å²) in [6.45, 7) is 8.09. The van der Waals surface area contributed by atoms with Gasteiger partial charge >= 0.3 is 0 Å². The van der Waals surface area contributed by atoms with Crippen molar-refractivity contribution in [3.63, 3.8) is 0 Å². The highest BCUT2D eigenvalue weighted by molar-refractivity contribution is 5.10. The van der Waals surface area contributed by atoms with Gasteiger partial charge in [-0.1, -0.05) is 12.2 Å². The number of hydrogen-bond acceptors (Lipinski definition) is 2. The zero-order valence-corrected chi connectivity index (χ0v) is 7.76. The van der Waals surface area contributed by atoms with Crippen LogP contribution in [0.25, 0.3) is 0 Å². The van der Waals surface area contributed by atoms with Crippen molar-refractivity contribution in [3.05, 3.63) is 12.2 Å². The molecule has 0 saturated carbocycles. The van der Waals surface area contributed by atoms with Crippen LogP contribution in [0.2, 0.25) is 0 Å². The second-order valence-corrected chi connectivity index (χ2v) is 4.38. The molecule has 1 rings (SSSR count). The molecule has 0 unspecified atom stereocenters. The van der Waals surface area contributed by atoms with Crippen LogP contribution in [0.5, 0.6) is 0 Å². The van der Waals surface area contributed by atoms with Crippen LogP contribution in [-0.2, 0) is 0 Å². The lowest BCUT2D eigenvalue weighted by Crippen LogP contribution is -2.54. The highest BCUT2D eigenvalue weighted by Gasteiger charge is 2.37. The van der Waals surface area contributed by atoms with E-state index in [0.717, 1.165) is 6.42 Å². The van der Waals surface area contributed by atoms with Crippen LogP contribution in [0.4, 0.5) is 0 Å². The molecule has 0 bridgehead atoms. The maximum atomic E-state index is 9.75. The van der Waals surface area contributed by atoms with Crippen molar-refractivity contribution in [3.8, 4) is 0 Å². The second kappa shape index (κ2) is 2.32. The van der Waals surface area contributed by atoms with E-state index in [-0.39, 0.29) is 11.1 Å². The van der Waals surface area contributed by atoms with Gasteiger partial charge < -0.3 is 5.21 Å². The summed E-state index contributed by atoms with van der Waals surface area (Å²) in [5.74, 6) is 0. The molecule has 2 heteroatoms. The Kier molecular flexibility index (Phi) is 1.85. The van der Waals surface area contributed by atoms with Crippen molar-refractivity contribution in [2.75, 3.05) is 0 Å². The van der Waals surface area contributed by atoms with Gasteiger partial charge in [-0.2, -0.15) is 5.06 Å². The third-order valence-electron chi connectivity index (χ3n) is 2.26. The van der Waals surface area contributed by atoms with Crippen LogP contribution < -0.4 is 0 Å². The minimum absolute atomic E-state index is 0.127. The molecule has 0 aliphatic carbocycles. The molecule has 1 aliphatic heterocycles. The maximum absolute atomic E-state index is 9.75. The summed E-state index contributed by atoms with van der Waals surface area (Å²) >= 11 is 0. The van der Waals surface area contributed by atoms with E-state index in [1.165, 1.54) is 5.06 Å². The first-order valence-electron chi connectivity index (χ1n) is 4.03. The van der Waals surface area contributed by atoms with Crippen molar-refractivity contribution in [1.29, 1.82) is 0 Å². The molecule has 0 aromatic heterocycles. The van der Waals surface area contributed by atoms with Gasteiger partial charge in [0.15, 0.2) is 0 Å². The predicted molar refractivity (Wildman–Crippen MR) is 45.5 cm³/mol. The summed E-state index contributed by atoms with van der Waals surface area (Å²) in [6, 6.07) is 0. The first kappa shape index (κ1) is 8.75. The molecule has 0 amide bonds. The van der Waals surface area contributed by atoms with E-state index in [0.29, 0.717) is 0 Å². The van der Waals surface area contributed by atoms with Crippen LogP contribution in [0.3, 0.4) is 0 Å². The lowest BCUT2D eigenvalue weighted by molar-refractivity contribution is -0.212. The van der Waals surface area contributed by atoms with E-state index < -0.39 is 0 Å². The van der Waals surface area contributed by atoms with Gasteiger partial charge in [0.25, 0.3) is 0 Å². The highest BCUT2D eigenvalue weighted by Crippen LogP contribution is 2.31. The standard InChI is InChI=1S/C9H17NO/c1-8(2)6-5-7-9(3,4)10(8)11/h5-6,11H,7H2,1-4H3. The molecule has 0 atom stereocenters. The molecule has 1 aliphatic rings. The van der Waals surface area contributed by atoms with Crippen LogP contribution in [0.1, 0.15) is 34.1 Å². The zero-order valence-electron chi connectivity index (χ0n) is 7.76. The molecule has 1 N–H and O–H groups in total. The normalized spacial score (nSPS) is 28.8. The molecule has 0 aromatic rings. The molecule has 64 valence electrons. The second-order valence-electron chi connectivity index (χ2n) is 4.38. The average molecular weight is 155 g/mol. The summed E-state index contributed by atoms with van der Waals surface area (Å²) in [6.07, 6.45) is 5.08. The highest BCUT2D eigenvalue weighted by atomic mass is 16.5. The third kappa shape index (κ3) is 1.47. The molecule has 0 spiro atoms. The van der Waals surface area contributed by atoms with E-state index in [9.17, 15) is 5.21 Å². The quantitative estimate of drug-likeness (QED) is 0.542. The first-order valence-corrected chi connectivity index (χ1v) is 4.03. The van der Waals surface area contributed by atoms with Crippen LogP contribution >= 0.6 is 0 Å². The smallest absolute Gasteiger partial charge is 0.0589 e. The van der Waals surface area contributed by atoms with Crippen molar-refractivity contribution in [1.82, 2.24) is 5.06 Å². The summed E-state index contributed by atoms with van der Waals surface area (Å²) in [7, 11) is 0. The Bertz CT molecular complexity index is 182. The fourth-order valence-electron chi connectivity index (χ4n) is 1.57. The molecule has 11 heavy (non-hydrogen) atoms. The number of nitrogens with zero attached hydrogens (tertiary/aromatic N) is 1. The van der Waals surface area contributed by atoms with Crippen molar-refractivity contribution >= 4 is 0 Å². The minimum atomic E-state index is -0.220. The third-order valence-corrected chi connectivity index (χ3v) is 2.26. The minimum Gasteiger partial charge on any atom is -0.313 e. The fourth-order valence-corrected chi connectivity index (χ4v) is 1.57. The van der Waals surface area contributed by atoms with E-state index in [2.05, 4.69) is 6.08 Å². The van der Waals surface area contributed by atoms with Gasteiger partial charge in [-0.05, 0) is 34.1 Å². The number of hydrogen-bond donors (Lipinski definition) is 1. The Morgan fingerprint density at radius 3 is 2.18 bits per heavy atom. The van der Waals surface area contributed by atoms with Gasteiger partial charge in [-0.3, -0.25) is 0 Å². The summed E-state index contributed by atoms with van der Waals surface area (Å²) < 4.78 is 0. The zero-order chi connectivity index (χ0) is 8.70. The van der Waals surface area contributed by atoms with Gasteiger partial charge in [0.05, 0.1) is 5.54 Å². The summed E-state index contributed by atoms with van der Waals surface area (Å²) in [4.78, 5) is 0. The van der Waals surface area contributed by atoms with Gasteiger partial charge in [0, 0.05) is 5.54 Å². The lowest BCUT2D eigenvalue weighted by atomic mass is 9.88. The molecular formula is C9H17NO. The molecule has 0 aromatic carbocycles. The Hall–Kier alpha value is -0.340. The first-order chi connectivity index (χ1) is 4.86. The molecule has 0 radical (unpaired) electrons. The summed E-state index contributed by atoms with van der Waals surface area (Å²) in [5, 5.41) is 11.2. The van der Waals surface area contributed by atoms with Gasteiger partial charge in [-0.15, -0.1) is 0 Å². The fraction of sp³-hybridized carbons (Fsp3) is 0.778. The molecule has 2 nitrogen and oxygen atoms in total. The SMILES string of the molecule is CC1(C)C=CCC(C)(C)N1O. The molecule has 1 heterocycles. The van der Waals surface area contributed by atoms with Crippen molar-refractivity contribution in [2.24, 2.45) is 0 Å². The molecular weight excluding hydrogens is 138 g/mol. The predicted octanol–water partition coefficient (Wildman–Crippen LogP) is 2.19. The lowest BCUT2D eigenvalue weighted by Gasteiger charge is -2.45. The van der Waals surface area contributed by atoms with E-state index >= 15 is 0 Å². The summed E-state index contributed by atoms with van der Waals surface area (Å²) in [5.41, 5.74) is -0.347. The van der Waals surface area contributed by atoms with Crippen molar-refractivity contribution < 1.29 is 5.21 Å². The molecule has 0 saturated heterocycles. The van der Waals surface area contributed by atoms with E-state index in [1.807, 2.05) is 33.8 Å². The monoisotopic (exact) mass is 155 g/mol. The Morgan fingerprint density at radius 1 is 1.27 bits per heavy atom. The van der Waals surface area contributed by atoms with E-state index in [1.54, 1.807) is 0 Å². The van der Waals surface area contributed by atoms with Crippen molar-refractivity contribution in [2.45, 2.75) is 45.2 Å². The van der Waals surface area contributed by atoms with Gasteiger partial charge in [0.1, 0.15) is 0 Å². The average Bonchev–Trinajstić information content (AvgIpc) is 1.82. The maximum Gasteiger partial charge on any atom is 0.0589 e.